The molecule has 3 aromatic carbocycles. The maximum atomic E-state index is 12.7. The number of para-hydroxylation sites is 1. The lowest BCUT2D eigenvalue weighted by molar-refractivity contribution is -0.118. The third-order valence-electron chi connectivity index (χ3n) is 4.43. The molecule has 1 amide bonds. The van der Waals surface area contributed by atoms with E-state index >= 15 is 0 Å². The van der Waals surface area contributed by atoms with Crippen molar-refractivity contribution in [1.82, 2.24) is 0 Å². The number of fused-ring (bicyclic) bond motifs is 2. The van der Waals surface area contributed by atoms with Gasteiger partial charge >= 0.3 is 0 Å². The average molecular weight is 428 g/mol. The Balaban J connectivity index is 1.59. The fourth-order valence-electron chi connectivity index (χ4n) is 2.95. The minimum absolute atomic E-state index is 0.178. The number of ether oxygens (including phenoxy) is 1. The van der Waals surface area contributed by atoms with Gasteiger partial charge in [0, 0.05) is 16.8 Å². The molecule has 0 unspecified atom stereocenters. The van der Waals surface area contributed by atoms with E-state index in [1.807, 2.05) is 6.92 Å². The average Bonchev–Trinajstić information content (AvgIpc) is 2.69. The first kappa shape index (κ1) is 19.3. The van der Waals surface area contributed by atoms with Crippen LogP contribution in [0, 0.1) is 6.92 Å². The van der Waals surface area contributed by atoms with E-state index in [1.165, 1.54) is 0 Å². The fraction of sp³-hybridized carbons (Fsp3) is 0.0909. The highest BCUT2D eigenvalue weighted by atomic mass is 35.5. The molecule has 5 nitrogen and oxygen atoms in total. The van der Waals surface area contributed by atoms with E-state index in [1.54, 1.807) is 54.6 Å². The van der Waals surface area contributed by atoms with Gasteiger partial charge in [-0.2, -0.15) is 0 Å². The van der Waals surface area contributed by atoms with Gasteiger partial charge in [0.2, 0.25) is 5.43 Å². The minimum atomic E-state index is -0.366. The monoisotopic (exact) mass is 427 g/mol. The van der Waals surface area contributed by atoms with Crippen LogP contribution in [-0.4, -0.2) is 12.5 Å². The molecule has 0 saturated carbocycles. The maximum absolute atomic E-state index is 12.7. The minimum Gasteiger partial charge on any atom is -0.482 e. The number of hydrogen-bond donors (Lipinski definition) is 1. The summed E-state index contributed by atoms with van der Waals surface area (Å²) < 4.78 is 11.3. The molecular weight excluding hydrogens is 413 g/mol. The molecule has 0 spiro atoms. The van der Waals surface area contributed by atoms with Gasteiger partial charge in [-0.3, -0.25) is 9.59 Å². The van der Waals surface area contributed by atoms with Gasteiger partial charge in [-0.15, -0.1) is 0 Å². The molecule has 0 radical (unpaired) electrons. The van der Waals surface area contributed by atoms with Crippen molar-refractivity contribution < 1.29 is 13.9 Å². The number of benzene rings is 3. The summed E-state index contributed by atoms with van der Waals surface area (Å²) in [7, 11) is 0. The van der Waals surface area contributed by atoms with E-state index in [9.17, 15) is 9.59 Å². The van der Waals surface area contributed by atoms with Gasteiger partial charge < -0.3 is 14.5 Å². The number of amides is 1. The molecular formula is C22H15Cl2NO4. The molecule has 0 aliphatic carbocycles. The predicted molar refractivity (Wildman–Crippen MR) is 115 cm³/mol. The Hall–Kier alpha value is -3.02. The summed E-state index contributed by atoms with van der Waals surface area (Å²) in [4.78, 5) is 24.9. The molecule has 1 N–H and O–H groups in total. The normalized spacial score (nSPS) is 11.0. The summed E-state index contributed by atoms with van der Waals surface area (Å²) >= 11 is 12.1. The largest absolute Gasteiger partial charge is 0.482 e. The number of rotatable bonds is 4. The van der Waals surface area contributed by atoms with Crippen LogP contribution in [0.3, 0.4) is 0 Å². The smallest absolute Gasteiger partial charge is 0.262 e. The predicted octanol–water partition coefficient (Wildman–Crippen LogP) is 5.58. The zero-order valence-corrected chi connectivity index (χ0v) is 16.8. The zero-order valence-electron chi connectivity index (χ0n) is 15.3. The molecule has 29 heavy (non-hydrogen) atoms. The molecule has 7 heteroatoms. The Labute approximate surface area is 175 Å². The molecule has 0 atom stereocenters. The van der Waals surface area contributed by atoms with Crippen LogP contribution in [0.2, 0.25) is 10.0 Å². The van der Waals surface area contributed by atoms with Crippen LogP contribution in [-0.2, 0) is 4.79 Å². The molecule has 146 valence electrons. The van der Waals surface area contributed by atoms with Crippen molar-refractivity contribution in [2.45, 2.75) is 6.92 Å². The first-order valence-corrected chi connectivity index (χ1v) is 9.52. The van der Waals surface area contributed by atoms with E-state index in [4.69, 9.17) is 32.4 Å². The molecule has 1 heterocycles. The zero-order chi connectivity index (χ0) is 20.5. The van der Waals surface area contributed by atoms with Crippen molar-refractivity contribution in [3.63, 3.8) is 0 Å². The second-order valence-corrected chi connectivity index (χ2v) is 7.32. The van der Waals surface area contributed by atoms with Crippen molar-refractivity contribution in [3.05, 3.63) is 80.4 Å². The van der Waals surface area contributed by atoms with Crippen molar-refractivity contribution in [1.29, 1.82) is 0 Å². The molecule has 0 saturated heterocycles. The fourth-order valence-corrected chi connectivity index (χ4v) is 3.31. The number of halogens is 2. The van der Waals surface area contributed by atoms with E-state index in [-0.39, 0.29) is 17.9 Å². The van der Waals surface area contributed by atoms with E-state index < -0.39 is 0 Å². The lowest BCUT2D eigenvalue weighted by atomic mass is 10.1. The molecule has 1 aromatic heterocycles. The highest BCUT2D eigenvalue weighted by Crippen LogP contribution is 2.26. The Bertz CT molecular complexity index is 1310. The van der Waals surface area contributed by atoms with Crippen molar-refractivity contribution in [3.8, 4) is 5.75 Å². The number of nitrogens with one attached hydrogen (secondary N) is 1. The first-order chi connectivity index (χ1) is 13.9. The first-order valence-electron chi connectivity index (χ1n) is 8.76. The van der Waals surface area contributed by atoms with Gasteiger partial charge in [-0.05, 0) is 48.9 Å². The van der Waals surface area contributed by atoms with Gasteiger partial charge in [0.25, 0.3) is 5.91 Å². The topological polar surface area (TPSA) is 68.5 Å². The number of hydrogen-bond acceptors (Lipinski definition) is 4. The second kappa shape index (κ2) is 7.78. The third kappa shape index (κ3) is 3.92. The lowest BCUT2D eigenvalue weighted by Gasteiger charge is -2.09. The Morgan fingerprint density at radius 3 is 2.55 bits per heavy atom. The molecule has 0 aliphatic rings. The summed E-state index contributed by atoms with van der Waals surface area (Å²) in [5, 5.41) is 4.47. The van der Waals surface area contributed by atoms with Crippen LogP contribution in [0.5, 0.6) is 5.75 Å². The standard InChI is InChI=1S/C22H15Cl2NO4/c1-12-8-19-15(10-17(12)24)22(27)14-7-6-13(9-20(14)29-19)25-21(26)11-28-18-5-3-2-4-16(18)23/h2-10H,11H2,1H3,(H,25,26). The Morgan fingerprint density at radius 1 is 1.00 bits per heavy atom. The molecule has 4 aromatic rings. The van der Waals surface area contributed by atoms with Crippen molar-refractivity contribution >= 4 is 56.7 Å². The molecule has 0 bridgehead atoms. The number of carbonyl (C=O) groups excluding carboxylic acids is 1. The van der Waals surface area contributed by atoms with Crippen LogP contribution in [0.4, 0.5) is 5.69 Å². The summed E-state index contributed by atoms with van der Waals surface area (Å²) in [6, 6.07) is 15.1. The van der Waals surface area contributed by atoms with E-state index in [0.29, 0.717) is 43.4 Å². The van der Waals surface area contributed by atoms with Crippen molar-refractivity contribution in [2.24, 2.45) is 0 Å². The summed E-state index contributed by atoms with van der Waals surface area (Å²) in [6.45, 7) is 1.63. The van der Waals surface area contributed by atoms with E-state index in [2.05, 4.69) is 5.32 Å². The van der Waals surface area contributed by atoms with Gasteiger partial charge in [0.15, 0.2) is 6.61 Å². The highest BCUT2D eigenvalue weighted by molar-refractivity contribution is 6.32. The van der Waals surface area contributed by atoms with Crippen LogP contribution in [0.1, 0.15) is 5.56 Å². The summed E-state index contributed by atoms with van der Waals surface area (Å²) in [5.41, 5.74) is 1.92. The van der Waals surface area contributed by atoms with Gasteiger partial charge in [-0.1, -0.05) is 35.3 Å². The quantitative estimate of drug-likeness (QED) is 0.431. The van der Waals surface area contributed by atoms with E-state index in [0.717, 1.165) is 5.56 Å². The van der Waals surface area contributed by atoms with Gasteiger partial charge in [0.1, 0.15) is 16.9 Å². The summed E-state index contributed by atoms with van der Waals surface area (Å²) in [6.07, 6.45) is 0. The number of aryl methyl sites for hydroxylation is 1. The summed E-state index contributed by atoms with van der Waals surface area (Å²) in [5.74, 6) is 0.0596. The van der Waals surface area contributed by atoms with Gasteiger partial charge in [-0.25, -0.2) is 0 Å². The Kier molecular flexibility index (Phi) is 5.18. The van der Waals surface area contributed by atoms with Crippen LogP contribution in [0.25, 0.3) is 21.9 Å². The Morgan fingerprint density at radius 2 is 1.76 bits per heavy atom. The van der Waals surface area contributed by atoms with Crippen LogP contribution < -0.4 is 15.5 Å². The highest BCUT2D eigenvalue weighted by Gasteiger charge is 2.12. The number of carbonyl (C=O) groups is 1. The molecule has 4 rings (SSSR count). The van der Waals surface area contributed by atoms with Gasteiger partial charge in [0.05, 0.1) is 15.8 Å². The maximum Gasteiger partial charge on any atom is 0.262 e. The van der Waals surface area contributed by atoms with Crippen LogP contribution in [0.15, 0.2) is 63.8 Å². The number of anilines is 1. The van der Waals surface area contributed by atoms with Crippen molar-refractivity contribution in [2.75, 3.05) is 11.9 Å². The molecule has 0 fully saturated rings. The SMILES string of the molecule is Cc1cc2oc3cc(NC(=O)COc4ccccc4Cl)ccc3c(=O)c2cc1Cl. The lowest BCUT2D eigenvalue weighted by Crippen LogP contribution is -2.20. The molecule has 0 aliphatic heterocycles. The van der Waals surface area contributed by atoms with Crippen LogP contribution >= 0.6 is 23.2 Å². The second-order valence-electron chi connectivity index (χ2n) is 6.51. The third-order valence-corrected chi connectivity index (χ3v) is 5.15.